The van der Waals surface area contributed by atoms with Gasteiger partial charge >= 0.3 is 11.8 Å². The number of hydrogen-bond donors (Lipinski definition) is 1. The van der Waals surface area contributed by atoms with Gasteiger partial charge in [-0.25, -0.2) is 0 Å². The van der Waals surface area contributed by atoms with Crippen LogP contribution in [0.1, 0.15) is 18.9 Å². The highest BCUT2D eigenvalue weighted by Gasteiger charge is 2.32. The summed E-state index contributed by atoms with van der Waals surface area (Å²) in [7, 11) is 2.00. The summed E-state index contributed by atoms with van der Waals surface area (Å²) in [5.74, 6) is -1.03. The molecule has 1 aliphatic heterocycles. The number of anilines is 2. The minimum absolute atomic E-state index is 0.0436. The second-order valence-electron chi connectivity index (χ2n) is 5.84. The highest BCUT2D eigenvalue weighted by Crippen LogP contribution is 2.27. The van der Waals surface area contributed by atoms with E-state index >= 15 is 0 Å². The van der Waals surface area contributed by atoms with Crippen LogP contribution >= 0.6 is 0 Å². The van der Waals surface area contributed by atoms with Crippen LogP contribution in [0.2, 0.25) is 0 Å². The van der Waals surface area contributed by atoms with E-state index in [2.05, 4.69) is 19.9 Å². The van der Waals surface area contributed by atoms with Crippen molar-refractivity contribution in [1.29, 1.82) is 0 Å². The molecule has 0 saturated heterocycles. The maximum absolute atomic E-state index is 12.7. The predicted octanol–water partition coefficient (Wildman–Crippen LogP) is 1.87. The van der Waals surface area contributed by atoms with Crippen LogP contribution in [0.15, 0.2) is 41.1 Å². The first-order valence-corrected chi connectivity index (χ1v) is 7.91. The zero-order chi connectivity index (χ0) is 17.1. The molecule has 0 aliphatic carbocycles. The van der Waals surface area contributed by atoms with E-state index in [1.54, 1.807) is 4.90 Å². The molecule has 2 amide bonds. The van der Waals surface area contributed by atoms with Gasteiger partial charge in [0.25, 0.3) is 0 Å². The summed E-state index contributed by atoms with van der Waals surface area (Å²) < 4.78 is 4.67. The van der Waals surface area contributed by atoms with Crippen LogP contribution in [-0.4, -0.2) is 41.5 Å². The van der Waals surface area contributed by atoms with Gasteiger partial charge in [-0.3, -0.25) is 14.9 Å². The van der Waals surface area contributed by atoms with E-state index in [4.69, 9.17) is 0 Å². The monoisotopic (exact) mass is 328 g/mol. The summed E-state index contributed by atoms with van der Waals surface area (Å²) in [6, 6.07) is 9.39. The topological polar surface area (TPSA) is 78.7 Å². The molecule has 7 heteroatoms. The lowest BCUT2D eigenvalue weighted by atomic mass is 10.1. The Morgan fingerprint density at radius 2 is 2.12 bits per heavy atom. The SMILES string of the molecule is CC[C@H]1CN(C)c2ccccc2CN1C(=O)C(=O)Nc1ccon1. The Labute approximate surface area is 140 Å². The molecular weight excluding hydrogens is 308 g/mol. The summed E-state index contributed by atoms with van der Waals surface area (Å²) in [6.45, 7) is 3.10. The van der Waals surface area contributed by atoms with Gasteiger partial charge in [0.2, 0.25) is 0 Å². The minimum Gasteiger partial charge on any atom is -0.372 e. The minimum atomic E-state index is -0.704. The Bertz CT molecular complexity index is 729. The summed E-state index contributed by atoms with van der Waals surface area (Å²) in [6.07, 6.45) is 2.10. The average molecular weight is 328 g/mol. The average Bonchev–Trinajstić information content (AvgIpc) is 3.05. The zero-order valence-corrected chi connectivity index (χ0v) is 13.7. The fraction of sp³-hybridized carbons (Fsp3) is 0.353. The van der Waals surface area contributed by atoms with E-state index in [9.17, 15) is 9.59 Å². The quantitative estimate of drug-likeness (QED) is 0.852. The molecule has 0 bridgehead atoms. The number of para-hydroxylation sites is 1. The first-order valence-electron chi connectivity index (χ1n) is 7.91. The number of fused-ring (bicyclic) bond motifs is 1. The number of aromatic nitrogens is 1. The molecule has 0 unspecified atom stereocenters. The Hall–Kier alpha value is -2.83. The molecule has 1 aromatic heterocycles. The van der Waals surface area contributed by atoms with Gasteiger partial charge in [0.1, 0.15) is 6.26 Å². The molecule has 2 aromatic rings. The van der Waals surface area contributed by atoms with Gasteiger partial charge in [-0.2, -0.15) is 0 Å². The van der Waals surface area contributed by atoms with Crippen LogP contribution in [0.4, 0.5) is 11.5 Å². The summed E-state index contributed by atoms with van der Waals surface area (Å²) in [4.78, 5) is 28.7. The Morgan fingerprint density at radius 1 is 1.33 bits per heavy atom. The molecule has 24 heavy (non-hydrogen) atoms. The van der Waals surface area contributed by atoms with E-state index in [1.807, 2.05) is 38.2 Å². The molecule has 0 spiro atoms. The molecular formula is C17H20N4O3. The van der Waals surface area contributed by atoms with Gasteiger partial charge in [0.05, 0.1) is 0 Å². The molecule has 126 valence electrons. The van der Waals surface area contributed by atoms with Crippen molar-refractivity contribution in [2.75, 3.05) is 23.8 Å². The molecule has 0 saturated carbocycles. The van der Waals surface area contributed by atoms with E-state index in [0.717, 1.165) is 17.7 Å². The number of amides is 2. The number of hydrogen-bond acceptors (Lipinski definition) is 5. The first kappa shape index (κ1) is 16.0. The largest absolute Gasteiger partial charge is 0.372 e. The number of benzene rings is 1. The third kappa shape index (κ3) is 3.10. The van der Waals surface area contributed by atoms with Crippen LogP contribution in [0, 0.1) is 0 Å². The number of likely N-dealkylation sites (N-methyl/N-ethyl adjacent to an activating group) is 1. The fourth-order valence-electron chi connectivity index (χ4n) is 3.01. The van der Waals surface area contributed by atoms with Crippen molar-refractivity contribution < 1.29 is 14.1 Å². The van der Waals surface area contributed by atoms with E-state index < -0.39 is 11.8 Å². The Balaban J connectivity index is 1.84. The van der Waals surface area contributed by atoms with E-state index in [-0.39, 0.29) is 11.9 Å². The lowest BCUT2D eigenvalue weighted by molar-refractivity contribution is -0.145. The number of rotatable bonds is 2. The van der Waals surface area contributed by atoms with Gasteiger partial charge in [0, 0.05) is 37.9 Å². The van der Waals surface area contributed by atoms with Gasteiger partial charge in [-0.05, 0) is 18.1 Å². The van der Waals surface area contributed by atoms with Crippen LogP contribution in [0.3, 0.4) is 0 Å². The van der Waals surface area contributed by atoms with Gasteiger partial charge in [0.15, 0.2) is 5.82 Å². The second-order valence-corrected chi connectivity index (χ2v) is 5.84. The molecule has 0 radical (unpaired) electrons. The maximum atomic E-state index is 12.7. The number of carbonyl (C=O) groups excluding carboxylic acids is 2. The normalized spacial score (nSPS) is 17.2. The lowest BCUT2D eigenvalue weighted by Gasteiger charge is -2.30. The molecule has 3 rings (SSSR count). The van der Waals surface area contributed by atoms with Crippen LogP contribution in [0.25, 0.3) is 0 Å². The Kier molecular flexibility index (Phi) is 4.50. The number of nitrogens with one attached hydrogen (secondary N) is 1. The van der Waals surface area contributed by atoms with Crippen LogP contribution in [-0.2, 0) is 16.1 Å². The maximum Gasteiger partial charge on any atom is 0.315 e. The van der Waals surface area contributed by atoms with Crippen molar-refractivity contribution in [3.63, 3.8) is 0 Å². The number of nitrogens with zero attached hydrogens (tertiary/aromatic N) is 3. The van der Waals surface area contributed by atoms with E-state index in [0.29, 0.717) is 13.1 Å². The van der Waals surface area contributed by atoms with Gasteiger partial charge < -0.3 is 14.3 Å². The summed E-state index contributed by atoms with van der Waals surface area (Å²) >= 11 is 0. The van der Waals surface area contributed by atoms with Crippen molar-refractivity contribution in [2.24, 2.45) is 0 Å². The molecule has 1 aromatic carbocycles. The Morgan fingerprint density at radius 3 is 2.83 bits per heavy atom. The van der Waals surface area contributed by atoms with Crippen molar-refractivity contribution in [3.05, 3.63) is 42.2 Å². The van der Waals surface area contributed by atoms with Gasteiger partial charge in [-0.1, -0.05) is 30.3 Å². The third-order valence-corrected chi connectivity index (χ3v) is 4.27. The van der Waals surface area contributed by atoms with E-state index in [1.165, 1.54) is 12.3 Å². The van der Waals surface area contributed by atoms with Gasteiger partial charge in [-0.15, -0.1) is 0 Å². The fourth-order valence-corrected chi connectivity index (χ4v) is 3.01. The summed E-state index contributed by atoms with van der Waals surface area (Å²) in [5, 5.41) is 6.07. The van der Waals surface area contributed by atoms with Crippen molar-refractivity contribution >= 4 is 23.3 Å². The van der Waals surface area contributed by atoms with Crippen molar-refractivity contribution in [1.82, 2.24) is 10.1 Å². The molecule has 7 nitrogen and oxygen atoms in total. The molecule has 1 N–H and O–H groups in total. The smallest absolute Gasteiger partial charge is 0.315 e. The predicted molar refractivity (Wildman–Crippen MR) is 89.5 cm³/mol. The molecule has 0 fully saturated rings. The highest BCUT2D eigenvalue weighted by atomic mass is 16.5. The van der Waals surface area contributed by atoms with Crippen molar-refractivity contribution in [3.8, 4) is 0 Å². The lowest BCUT2D eigenvalue weighted by Crippen LogP contribution is -2.47. The molecule has 1 atom stereocenters. The third-order valence-electron chi connectivity index (χ3n) is 4.27. The standard InChI is InChI=1S/C17H20N4O3/c1-3-13-11-20(2)14-7-5-4-6-12(14)10-21(13)17(23)16(22)18-15-8-9-24-19-15/h4-9,13H,3,10-11H2,1-2H3,(H,18,19,22)/t13-/m0/s1. The first-order chi connectivity index (χ1) is 11.6. The second kappa shape index (κ2) is 6.74. The number of carbonyl (C=O) groups is 2. The highest BCUT2D eigenvalue weighted by molar-refractivity contribution is 6.39. The van der Waals surface area contributed by atoms with Crippen LogP contribution < -0.4 is 10.2 Å². The molecule has 1 aliphatic rings. The molecule has 2 heterocycles. The zero-order valence-electron chi connectivity index (χ0n) is 13.7. The van der Waals surface area contributed by atoms with Crippen molar-refractivity contribution in [2.45, 2.75) is 25.9 Å². The summed E-state index contributed by atoms with van der Waals surface area (Å²) in [5.41, 5.74) is 2.11. The van der Waals surface area contributed by atoms with Crippen LogP contribution in [0.5, 0.6) is 0 Å².